The summed E-state index contributed by atoms with van der Waals surface area (Å²) in [5.74, 6) is 2.27. The zero-order valence-corrected chi connectivity index (χ0v) is 11.6. The average molecular weight is 249 g/mol. The van der Waals surface area contributed by atoms with E-state index in [2.05, 4.69) is 29.1 Å². The summed E-state index contributed by atoms with van der Waals surface area (Å²) in [4.78, 5) is 8.80. The van der Waals surface area contributed by atoms with Crippen LogP contribution >= 0.6 is 0 Å². The molecular weight excluding hydrogens is 226 g/mol. The van der Waals surface area contributed by atoms with E-state index in [1.165, 1.54) is 19.3 Å². The maximum atomic E-state index is 5.56. The fourth-order valence-corrected chi connectivity index (χ4v) is 2.02. The van der Waals surface area contributed by atoms with Gasteiger partial charge in [-0.1, -0.05) is 19.8 Å². The van der Waals surface area contributed by atoms with Crippen LogP contribution in [0.4, 0.5) is 5.95 Å². The third-order valence-corrected chi connectivity index (χ3v) is 3.04. The molecule has 1 aromatic rings. The highest BCUT2D eigenvalue weighted by Crippen LogP contribution is 2.33. The summed E-state index contributed by atoms with van der Waals surface area (Å²) in [5.41, 5.74) is 0.942. The van der Waals surface area contributed by atoms with E-state index in [1.807, 2.05) is 13.0 Å². The predicted octanol–water partition coefficient (Wildman–Crippen LogP) is 3.17. The summed E-state index contributed by atoms with van der Waals surface area (Å²) < 4.78 is 5.56. The van der Waals surface area contributed by atoms with Gasteiger partial charge < -0.3 is 10.1 Å². The number of nitrogens with zero attached hydrogens (tertiary/aromatic N) is 2. The van der Waals surface area contributed by atoms with Gasteiger partial charge in [-0.2, -0.15) is 4.98 Å². The fraction of sp³-hybridized carbons (Fsp3) is 0.714. The van der Waals surface area contributed by atoms with Crippen molar-refractivity contribution in [3.8, 4) is 5.88 Å². The molecule has 0 spiro atoms. The first kappa shape index (κ1) is 13.1. The second kappa shape index (κ2) is 6.03. The number of hydrogen-bond donors (Lipinski definition) is 1. The topological polar surface area (TPSA) is 47.0 Å². The number of aromatic nitrogens is 2. The van der Waals surface area contributed by atoms with Crippen LogP contribution in [0.5, 0.6) is 5.88 Å². The Morgan fingerprint density at radius 1 is 1.44 bits per heavy atom. The van der Waals surface area contributed by atoms with E-state index >= 15 is 0 Å². The molecule has 1 heterocycles. The molecule has 1 aliphatic rings. The monoisotopic (exact) mass is 249 g/mol. The molecule has 1 aromatic heterocycles. The Labute approximate surface area is 109 Å². The highest BCUT2D eigenvalue weighted by molar-refractivity contribution is 5.31. The largest absolute Gasteiger partial charge is 0.478 e. The van der Waals surface area contributed by atoms with Crippen LogP contribution in [0, 0.1) is 12.8 Å². The summed E-state index contributed by atoms with van der Waals surface area (Å²) in [6.45, 7) is 6.95. The molecular formula is C14H23N3O. The zero-order chi connectivity index (χ0) is 13.0. The Hall–Kier alpha value is -1.32. The van der Waals surface area contributed by atoms with Crippen molar-refractivity contribution in [3.05, 3.63) is 11.8 Å². The Balaban J connectivity index is 1.94. The van der Waals surface area contributed by atoms with Gasteiger partial charge in [-0.25, -0.2) is 4.98 Å². The lowest BCUT2D eigenvalue weighted by Gasteiger charge is -2.14. The maximum absolute atomic E-state index is 5.56. The summed E-state index contributed by atoms with van der Waals surface area (Å²) in [6.07, 6.45) is 4.96. The van der Waals surface area contributed by atoms with Crippen LogP contribution in [0.3, 0.4) is 0 Å². The van der Waals surface area contributed by atoms with Gasteiger partial charge in [0.1, 0.15) is 0 Å². The molecule has 1 atom stereocenters. The lowest BCUT2D eigenvalue weighted by Crippen LogP contribution is -2.18. The minimum absolute atomic E-state index is 0.429. The second-order valence-electron chi connectivity index (χ2n) is 5.24. The first-order valence-electron chi connectivity index (χ1n) is 6.92. The molecule has 2 rings (SSSR count). The van der Waals surface area contributed by atoms with Gasteiger partial charge in [-0.05, 0) is 32.6 Å². The van der Waals surface area contributed by atoms with Crippen LogP contribution in [-0.2, 0) is 0 Å². The van der Waals surface area contributed by atoms with Gasteiger partial charge in [-0.3, -0.25) is 0 Å². The minimum atomic E-state index is 0.429. The molecule has 0 bridgehead atoms. The minimum Gasteiger partial charge on any atom is -0.478 e. The van der Waals surface area contributed by atoms with E-state index in [0.717, 1.165) is 18.0 Å². The standard InChI is InChI=1S/C14H23N3O/c1-4-7-18-13-9-11(3)16-14(17-13)15-10(2)8-12-5-6-12/h9-10,12H,4-8H2,1-3H3,(H,15,16,17). The molecule has 0 aliphatic heterocycles. The first-order chi connectivity index (χ1) is 8.67. The number of ether oxygens (including phenoxy) is 1. The van der Waals surface area contributed by atoms with Crippen molar-refractivity contribution < 1.29 is 4.74 Å². The van der Waals surface area contributed by atoms with E-state index in [4.69, 9.17) is 4.74 Å². The van der Waals surface area contributed by atoms with Crippen LogP contribution in [0.15, 0.2) is 6.07 Å². The van der Waals surface area contributed by atoms with Crippen molar-refractivity contribution in [1.29, 1.82) is 0 Å². The van der Waals surface area contributed by atoms with Crippen LogP contribution in [0.2, 0.25) is 0 Å². The normalized spacial score (nSPS) is 16.4. The van der Waals surface area contributed by atoms with E-state index < -0.39 is 0 Å². The van der Waals surface area contributed by atoms with Crippen LogP contribution < -0.4 is 10.1 Å². The van der Waals surface area contributed by atoms with E-state index in [0.29, 0.717) is 24.5 Å². The third kappa shape index (κ3) is 4.17. The molecule has 0 saturated heterocycles. The SMILES string of the molecule is CCCOc1cc(C)nc(NC(C)CC2CC2)n1. The zero-order valence-electron chi connectivity index (χ0n) is 11.6. The quantitative estimate of drug-likeness (QED) is 0.806. The summed E-state index contributed by atoms with van der Waals surface area (Å²) in [6, 6.07) is 2.31. The van der Waals surface area contributed by atoms with Gasteiger partial charge >= 0.3 is 0 Å². The molecule has 4 heteroatoms. The van der Waals surface area contributed by atoms with Crippen molar-refractivity contribution in [1.82, 2.24) is 9.97 Å². The summed E-state index contributed by atoms with van der Waals surface area (Å²) in [7, 11) is 0. The van der Waals surface area contributed by atoms with E-state index in [9.17, 15) is 0 Å². The van der Waals surface area contributed by atoms with E-state index in [1.54, 1.807) is 0 Å². The molecule has 1 saturated carbocycles. The molecule has 1 N–H and O–H groups in total. The highest BCUT2D eigenvalue weighted by Gasteiger charge is 2.23. The number of aryl methyl sites for hydroxylation is 1. The smallest absolute Gasteiger partial charge is 0.226 e. The molecule has 0 radical (unpaired) electrons. The van der Waals surface area contributed by atoms with Gasteiger partial charge in [0, 0.05) is 17.8 Å². The van der Waals surface area contributed by atoms with Crippen molar-refractivity contribution in [2.24, 2.45) is 5.92 Å². The van der Waals surface area contributed by atoms with Gasteiger partial charge in [0.05, 0.1) is 6.61 Å². The van der Waals surface area contributed by atoms with Crippen LogP contribution in [0.1, 0.15) is 45.2 Å². The van der Waals surface area contributed by atoms with Crippen molar-refractivity contribution in [2.75, 3.05) is 11.9 Å². The average Bonchev–Trinajstić information content (AvgIpc) is 3.09. The molecule has 1 unspecified atom stereocenters. The van der Waals surface area contributed by atoms with Crippen LogP contribution in [-0.4, -0.2) is 22.6 Å². The predicted molar refractivity (Wildman–Crippen MR) is 73.0 cm³/mol. The molecule has 0 aromatic carbocycles. The maximum Gasteiger partial charge on any atom is 0.226 e. The Morgan fingerprint density at radius 2 is 2.22 bits per heavy atom. The van der Waals surface area contributed by atoms with Crippen LogP contribution in [0.25, 0.3) is 0 Å². The Morgan fingerprint density at radius 3 is 2.89 bits per heavy atom. The first-order valence-corrected chi connectivity index (χ1v) is 6.92. The van der Waals surface area contributed by atoms with Gasteiger partial charge in [0.25, 0.3) is 0 Å². The van der Waals surface area contributed by atoms with Crippen molar-refractivity contribution in [3.63, 3.8) is 0 Å². The third-order valence-electron chi connectivity index (χ3n) is 3.04. The molecule has 4 nitrogen and oxygen atoms in total. The second-order valence-corrected chi connectivity index (χ2v) is 5.24. The van der Waals surface area contributed by atoms with Gasteiger partial charge in [-0.15, -0.1) is 0 Å². The van der Waals surface area contributed by atoms with E-state index in [-0.39, 0.29) is 0 Å². The van der Waals surface area contributed by atoms with Gasteiger partial charge in [0.2, 0.25) is 11.8 Å². The molecule has 100 valence electrons. The summed E-state index contributed by atoms with van der Waals surface area (Å²) >= 11 is 0. The van der Waals surface area contributed by atoms with Crippen molar-refractivity contribution >= 4 is 5.95 Å². The van der Waals surface area contributed by atoms with Gasteiger partial charge in [0.15, 0.2) is 0 Å². The van der Waals surface area contributed by atoms with Crippen molar-refractivity contribution in [2.45, 2.75) is 52.5 Å². The lowest BCUT2D eigenvalue weighted by molar-refractivity contribution is 0.305. The number of nitrogens with one attached hydrogen (secondary N) is 1. The fourth-order valence-electron chi connectivity index (χ4n) is 2.02. The molecule has 18 heavy (non-hydrogen) atoms. The Bertz CT molecular complexity index is 391. The molecule has 1 fully saturated rings. The molecule has 0 amide bonds. The summed E-state index contributed by atoms with van der Waals surface area (Å²) in [5, 5.41) is 3.37. The number of rotatable bonds is 7. The number of anilines is 1. The molecule has 1 aliphatic carbocycles. The Kier molecular flexibility index (Phi) is 4.39. The number of hydrogen-bond acceptors (Lipinski definition) is 4. The lowest BCUT2D eigenvalue weighted by atomic mass is 10.2. The highest BCUT2D eigenvalue weighted by atomic mass is 16.5.